The normalized spacial score (nSPS) is 22.9. The highest BCUT2D eigenvalue weighted by molar-refractivity contribution is 6.39. The van der Waals surface area contributed by atoms with Crippen LogP contribution in [-0.4, -0.2) is 46.8 Å². The number of hydrogen-bond donors (Lipinski definition) is 2. The average molecular weight is 253 g/mol. The van der Waals surface area contributed by atoms with Gasteiger partial charge >= 0.3 is 0 Å². The monoisotopic (exact) mass is 253 g/mol. The molecule has 6 nitrogen and oxygen atoms in total. The number of aliphatic hydroxyl groups excluding tert-OH is 1. The van der Waals surface area contributed by atoms with Crippen molar-refractivity contribution in [1.29, 1.82) is 0 Å². The maximum Gasteiger partial charge on any atom is 0.268 e. The van der Waals surface area contributed by atoms with E-state index in [1.807, 2.05) is 0 Å². The third-order valence-electron chi connectivity index (χ3n) is 3.71. The number of nitrogens with one attached hydrogen (secondary N) is 1. The first-order valence-electron chi connectivity index (χ1n) is 6.34. The summed E-state index contributed by atoms with van der Waals surface area (Å²) in [5, 5.41) is 17.5. The van der Waals surface area contributed by atoms with Crippen LogP contribution in [0.1, 0.15) is 38.5 Å². The van der Waals surface area contributed by atoms with Crippen LogP contribution >= 0.6 is 0 Å². The van der Waals surface area contributed by atoms with E-state index in [1.165, 1.54) is 5.01 Å². The quantitative estimate of drug-likeness (QED) is 0.743. The summed E-state index contributed by atoms with van der Waals surface area (Å²) in [4.78, 5) is 23.4. The summed E-state index contributed by atoms with van der Waals surface area (Å²) in [6.07, 6.45) is 4.33. The molecule has 2 amide bonds. The van der Waals surface area contributed by atoms with Crippen LogP contribution in [0.5, 0.6) is 0 Å². The lowest BCUT2D eigenvalue weighted by atomic mass is 9.98. The first-order chi connectivity index (χ1) is 8.56. The topological polar surface area (TPSA) is 82.0 Å². The molecule has 1 aliphatic carbocycles. The fourth-order valence-corrected chi connectivity index (χ4v) is 2.52. The van der Waals surface area contributed by atoms with Gasteiger partial charge in [-0.2, -0.15) is 5.10 Å². The molecular formula is C12H19N3O3. The van der Waals surface area contributed by atoms with Crippen molar-refractivity contribution in [3.05, 3.63) is 0 Å². The fraction of sp³-hybridized carbons (Fsp3) is 0.750. The second-order valence-electron chi connectivity index (χ2n) is 5.06. The van der Waals surface area contributed by atoms with E-state index in [2.05, 4.69) is 10.4 Å². The molecule has 2 aliphatic rings. The summed E-state index contributed by atoms with van der Waals surface area (Å²) < 4.78 is 0. The molecule has 1 fully saturated rings. The zero-order chi connectivity index (χ0) is 13.2. The number of carbonyl (C=O) groups excluding carboxylic acids is 2. The van der Waals surface area contributed by atoms with Gasteiger partial charge in [0.2, 0.25) is 5.91 Å². The van der Waals surface area contributed by atoms with Crippen molar-refractivity contribution in [3.63, 3.8) is 0 Å². The Balaban J connectivity index is 2.04. The van der Waals surface area contributed by atoms with E-state index in [0.717, 1.165) is 25.7 Å². The van der Waals surface area contributed by atoms with Crippen molar-refractivity contribution in [2.75, 3.05) is 13.7 Å². The van der Waals surface area contributed by atoms with E-state index < -0.39 is 5.54 Å². The molecule has 0 aromatic rings. The average Bonchev–Trinajstić information content (AvgIpc) is 2.82. The van der Waals surface area contributed by atoms with Crippen molar-refractivity contribution in [1.82, 2.24) is 10.3 Å². The highest BCUT2D eigenvalue weighted by atomic mass is 16.3. The lowest BCUT2D eigenvalue weighted by Crippen LogP contribution is -2.52. The van der Waals surface area contributed by atoms with Crippen LogP contribution in [-0.2, 0) is 9.59 Å². The third-order valence-corrected chi connectivity index (χ3v) is 3.71. The van der Waals surface area contributed by atoms with Gasteiger partial charge in [-0.15, -0.1) is 0 Å². The zero-order valence-corrected chi connectivity index (χ0v) is 10.6. The van der Waals surface area contributed by atoms with Crippen molar-refractivity contribution < 1.29 is 14.7 Å². The molecule has 1 aliphatic heterocycles. The smallest absolute Gasteiger partial charge is 0.268 e. The van der Waals surface area contributed by atoms with Crippen molar-refractivity contribution in [2.45, 2.75) is 44.1 Å². The number of aliphatic hydroxyl groups is 1. The summed E-state index contributed by atoms with van der Waals surface area (Å²) in [5.74, 6) is -0.338. The van der Waals surface area contributed by atoms with Crippen LogP contribution < -0.4 is 5.32 Å². The first kappa shape index (κ1) is 13.0. The van der Waals surface area contributed by atoms with Gasteiger partial charge in [-0.05, 0) is 12.8 Å². The SMILES string of the molecule is CN1N=C(C(=O)NC2(CO)CCCC2)CCC1=O. The van der Waals surface area contributed by atoms with Gasteiger partial charge < -0.3 is 10.4 Å². The van der Waals surface area contributed by atoms with Gasteiger partial charge in [-0.1, -0.05) is 12.8 Å². The number of amides is 2. The van der Waals surface area contributed by atoms with Crippen molar-refractivity contribution >= 4 is 17.5 Å². The van der Waals surface area contributed by atoms with Crippen LogP contribution in [0.15, 0.2) is 5.10 Å². The minimum Gasteiger partial charge on any atom is -0.394 e. The number of hydrazone groups is 1. The third kappa shape index (κ3) is 2.53. The van der Waals surface area contributed by atoms with Crippen LogP contribution in [0.4, 0.5) is 0 Å². The molecule has 0 atom stereocenters. The molecule has 2 N–H and O–H groups in total. The Bertz CT molecular complexity index is 386. The molecule has 0 aromatic heterocycles. The number of nitrogens with zero attached hydrogens (tertiary/aromatic N) is 2. The Morgan fingerprint density at radius 1 is 1.44 bits per heavy atom. The predicted molar refractivity (Wildman–Crippen MR) is 65.9 cm³/mol. The molecule has 1 heterocycles. The van der Waals surface area contributed by atoms with Crippen molar-refractivity contribution in [2.24, 2.45) is 5.10 Å². The van der Waals surface area contributed by atoms with E-state index in [-0.39, 0.29) is 18.4 Å². The van der Waals surface area contributed by atoms with Gasteiger partial charge in [-0.3, -0.25) is 9.59 Å². The van der Waals surface area contributed by atoms with E-state index in [4.69, 9.17) is 0 Å². The van der Waals surface area contributed by atoms with Gasteiger partial charge in [0, 0.05) is 19.9 Å². The van der Waals surface area contributed by atoms with Crippen LogP contribution in [0, 0.1) is 0 Å². The predicted octanol–water partition coefficient (Wildman–Crippen LogP) is 0.0159. The summed E-state index contributed by atoms with van der Waals surface area (Å²) in [5.41, 5.74) is -0.114. The van der Waals surface area contributed by atoms with E-state index in [1.54, 1.807) is 7.05 Å². The van der Waals surface area contributed by atoms with E-state index in [0.29, 0.717) is 18.6 Å². The van der Waals surface area contributed by atoms with Gasteiger partial charge in [0.05, 0.1) is 12.1 Å². The molecule has 100 valence electrons. The Kier molecular flexibility index (Phi) is 3.65. The standard InChI is InChI=1S/C12H19N3O3/c1-15-10(17)5-4-9(14-15)11(18)13-12(8-16)6-2-3-7-12/h16H,2-8H2,1H3,(H,13,18). The first-order valence-corrected chi connectivity index (χ1v) is 6.34. The molecule has 0 bridgehead atoms. The maximum atomic E-state index is 12.1. The molecule has 0 spiro atoms. The Morgan fingerprint density at radius 2 is 2.11 bits per heavy atom. The zero-order valence-electron chi connectivity index (χ0n) is 10.6. The largest absolute Gasteiger partial charge is 0.394 e. The minimum atomic E-state index is -0.486. The second kappa shape index (κ2) is 5.06. The molecule has 6 heteroatoms. The molecule has 0 saturated heterocycles. The van der Waals surface area contributed by atoms with Gasteiger partial charge in [0.1, 0.15) is 5.71 Å². The molecule has 0 aromatic carbocycles. The van der Waals surface area contributed by atoms with Crippen LogP contribution in [0.25, 0.3) is 0 Å². The number of hydrogen-bond acceptors (Lipinski definition) is 4. The number of carbonyl (C=O) groups is 2. The maximum absolute atomic E-state index is 12.1. The molecular weight excluding hydrogens is 234 g/mol. The minimum absolute atomic E-state index is 0.0409. The van der Waals surface area contributed by atoms with Gasteiger partial charge in [-0.25, -0.2) is 5.01 Å². The Hall–Kier alpha value is -1.43. The summed E-state index contributed by atoms with van der Waals surface area (Å²) in [6.45, 7) is -0.0409. The van der Waals surface area contributed by atoms with E-state index >= 15 is 0 Å². The molecule has 0 radical (unpaired) electrons. The summed E-state index contributed by atoms with van der Waals surface area (Å²) in [7, 11) is 1.55. The highest BCUT2D eigenvalue weighted by Gasteiger charge is 2.36. The lowest BCUT2D eigenvalue weighted by Gasteiger charge is -2.29. The highest BCUT2D eigenvalue weighted by Crippen LogP contribution is 2.29. The molecule has 2 rings (SSSR count). The van der Waals surface area contributed by atoms with E-state index in [9.17, 15) is 14.7 Å². The van der Waals surface area contributed by atoms with Crippen LogP contribution in [0.3, 0.4) is 0 Å². The fourth-order valence-electron chi connectivity index (χ4n) is 2.52. The van der Waals surface area contributed by atoms with Crippen LogP contribution in [0.2, 0.25) is 0 Å². The van der Waals surface area contributed by atoms with Gasteiger partial charge in [0.25, 0.3) is 5.91 Å². The summed E-state index contributed by atoms with van der Waals surface area (Å²) in [6, 6.07) is 0. The number of rotatable bonds is 3. The molecule has 1 saturated carbocycles. The Morgan fingerprint density at radius 3 is 2.67 bits per heavy atom. The Labute approximate surface area is 106 Å². The summed E-state index contributed by atoms with van der Waals surface area (Å²) >= 11 is 0. The molecule has 18 heavy (non-hydrogen) atoms. The lowest BCUT2D eigenvalue weighted by molar-refractivity contribution is -0.130. The van der Waals surface area contributed by atoms with Crippen molar-refractivity contribution in [3.8, 4) is 0 Å². The second-order valence-corrected chi connectivity index (χ2v) is 5.06. The van der Waals surface area contributed by atoms with Gasteiger partial charge in [0.15, 0.2) is 0 Å². The molecule has 0 unspecified atom stereocenters.